The Hall–Kier alpha value is -1.07. The van der Waals surface area contributed by atoms with Crippen molar-refractivity contribution < 1.29 is 4.74 Å². The van der Waals surface area contributed by atoms with E-state index in [1.165, 1.54) is 6.42 Å². The molecular weight excluding hydrogens is 216 g/mol. The van der Waals surface area contributed by atoms with Gasteiger partial charge in [-0.1, -0.05) is 0 Å². The molecule has 1 saturated heterocycles. The lowest BCUT2D eigenvalue weighted by molar-refractivity contribution is 0.190. The maximum atomic E-state index is 5.08. The second-order valence-corrected chi connectivity index (χ2v) is 4.49. The standard InChI is InChI=1S/C12H22N4O/c1-13-11-4-7-16(10-11)12-14-5-8-15(12)6-3-9-17-2/h5,8,11,13H,3-4,6-7,9-10H2,1-2H3. The number of hydrogen-bond donors (Lipinski definition) is 1. The van der Waals surface area contributed by atoms with Crippen LogP contribution in [0.15, 0.2) is 12.4 Å². The summed E-state index contributed by atoms with van der Waals surface area (Å²) in [5, 5.41) is 3.33. The van der Waals surface area contributed by atoms with Gasteiger partial charge in [-0.2, -0.15) is 0 Å². The molecule has 5 nitrogen and oxygen atoms in total. The lowest BCUT2D eigenvalue weighted by atomic mass is 10.3. The Balaban J connectivity index is 1.94. The van der Waals surface area contributed by atoms with E-state index >= 15 is 0 Å². The van der Waals surface area contributed by atoms with Gasteiger partial charge in [0, 0.05) is 51.8 Å². The first kappa shape index (κ1) is 12.4. The van der Waals surface area contributed by atoms with Crippen molar-refractivity contribution in [1.29, 1.82) is 0 Å². The molecule has 1 aliphatic rings. The van der Waals surface area contributed by atoms with Gasteiger partial charge >= 0.3 is 0 Å². The third-order valence-corrected chi connectivity index (χ3v) is 3.32. The quantitative estimate of drug-likeness (QED) is 0.742. The van der Waals surface area contributed by atoms with Gasteiger partial charge in [0.2, 0.25) is 5.95 Å². The van der Waals surface area contributed by atoms with Crippen molar-refractivity contribution in [3.8, 4) is 0 Å². The zero-order valence-electron chi connectivity index (χ0n) is 10.7. The summed E-state index contributed by atoms with van der Waals surface area (Å²) in [6.07, 6.45) is 6.16. The van der Waals surface area contributed by atoms with Crippen molar-refractivity contribution in [2.24, 2.45) is 0 Å². The second-order valence-electron chi connectivity index (χ2n) is 4.49. The van der Waals surface area contributed by atoms with Gasteiger partial charge in [0.25, 0.3) is 0 Å². The van der Waals surface area contributed by atoms with E-state index in [-0.39, 0.29) is 0 Å². The molecule has 5 heteroatoms. The van der Waals surface area contributed by atoms with Gasteiger partial charge in [-0.15, -0.1) is 0 Å². The number of ether oxygens (including phenoxy) is 1. The van der Waals surface area contributed by atoms with Crippen LogP contribution >= 0.6 is 0 Å². The highest BCUT2D eigenvalue weighted by molar-refractivity contribution is 5.33. The number of nitrogens with one attached hydrogen (secondary N) is 1. The highest BCUT2D eigenvalue weighted by atomic mass is 16.5. The summed E-state index contributed by atoms with van der Waals surface area (Å²) in [4.78, 5) is 6.82. The highest BCUT2D eigenvalue weighted by Gasteiger charge is 2.23. The molecule has 0 aliphatic carbocycles. The number of aromatic nitrogens is 2. The third kappa shape index (κ3) is 2.98. The number of hydrogen-bond acceptors (Lipinski definition) is 4. The Morgan fingerprint density at radius 3 is 3.18 bits per heavy atom. The zero-order valence-corrected chi connectivity index (χ0v) is 10.7. The van der Waals surface area contributed by atoms with Crippen molar-refractivity contribution in [1.82, 2.24) is 14.9 Å². The summed E-state index contributed by atoms with van der Waals surface area (Å²) in [5.74, 6) is 1.10. The molecule has 17 heavy (non-hydrogen) atoms. The number of imidazole rings is 1. The maximum absolute atomic E-state index is 5.08. The van der Waals surface area contributed by atoms with E-state index in [9.17, 15) is 0 Å². The molecule has 2 rings (SSSR count). The zero-order chi connectivity index (χ0) is 12.1. The Bertz CT molecular complexity index is 339. The molecule has 0 bridgehead atoms. The van der Waals surface area contributed by atoms with Crippen molar-refractivity contribution in [2.75, 3.05) is 38.8 Å². The van der Waals surface area contributed by atoms with Crippen LogP contribution in [0.25, 0.3) is 0 Å². The van der Waals surface area contributed by atoms with E-state index in [0.717, 1.165) is 38.6 Å². The normalized spacial score (nSPS) is 20.1. The molecular formula is C12H22N4O. The maximum Gasteiger partial charge on any atom is 0.205 e. The van der Waals surface area contributed by atoms with Crippen LogP contribution in [0.5, 0.6) is 0 Å². The monoisotopic (exact) mass is 238 g/mol. The Morgan fingerprint density at radius 2 is 2.47 bits per heavy atom. The van der Waals surface area contributed by atoms with Crippen LogP contribution in [0.3, 0.4) is 0 Å². The van der Waals surface area contributed by atoms with Crippen LogP contribution in [-0.2, 0) is 11.3 Å². The van der Waals surface area contributed by atoms with Gasteiger partial charge in [-0.25, -0.2) is 4.98 Å². The van der Waals surface area contributed by atoms with Gasteiger partial charge in [0.15, 0.2) is 0 Å². The fourth-order valence-corrected chi connectivity index (χ4v) is 2.32. The molecule has 96 valence electrons. The summed E-state index contributed by atoms with van der Waals surface area (Å²) >= 11 is 0. The average Bonchev–Trinajstić information content (AvgIpc) is 2.96. The first-order valence-electron chi connectivity index (χ1n) is 6.27. The lowest BCUT2D eigenvalue weighted by Gasteiger charge is -2.19. The summed E-state index contributed by atoms with van der Waals surface area (Å²) in [5.41, 5.74) is 0. The molecule has 1 unspecified atom stereocenters. The minimum absolute atomic E-state index is 0.596. The molecule has 1 aromatic heterocycles. The van der Waals surface area contributed by atoms with Crippen molar-refractivity contribution in [3.05, 3.63) is 12.4 Å². The van der Waals surface area contributed by atoms with Crippen LogP contribution in [0.4, 0.5) is 5.95 Å². The fraction of sp³-hybridized carbons (Fsp3) is 0.750. The molecule has 0 radical (unpaired) electrons. The average molecular weight is 238 g/mol. The topological polar surface area (TPSA) is 42.3 Å². The number of methoxy groups -OCH3 is 1. The molecule has 1 N–H and O–H groups in total. The fourth-order valence-electron chi connectivity index (χ4n) is 2.32. The largest absolute Gasteiger partial charge is 0.385 e. The van der Waals surface area contributed by atoms with Gasteiger partial charge in [-0.3, -0.25) is 0 Å². The first-order valence-corrected chi connectivity index (χ1v) is 6.27. The summed E-state index contributed by atoms with van der Waals surface area (Å²) in [6, 6.07) is 0.596. The minimum Gasteiger partial charge on any atom is -0.385 e. The second kappa shape index (κ2) is 6.02. The van der Waals surface area contributed by atoms with E-state index in [1.54, 1.807) is 7.11 Å². The SMILES string of the molecule is CNC1CCN(c2nccn2CCCOC)C1. The highest BCUT2D eigenvalue weighted by Crippen LogP contribution is 2.18. The van der Waals surface area contributed by atoms with E-state index < -0.39 is 0 Å². The van der Waals surface area contributed by atoms with Crippen LogP contribution < -0.4 is 10.2 Å². The molecule has 1 aromatic rings. The molecule has 1 fully saturated rings. The van der Waals surface area contributed by atoms with Crippen molar-refractivity contribution in [3.63, 3.8) is 0 Å². The predicted molar refractivity (Wildman–Crippen MR) is 68.4 cm³/mol. The smallest absolute Gasteiger partial charge is 0.205 e. The van der Waals surface area contributed by atoms with E-state index in [0.29, 0.717) is 6.04 Å². The van der Waals surface area contributed by atoms with E-state index in [1.807, 2.05) is 13.2 Å². The first-order chi connectivity index (χ1) is 8.35. The Labute approximate surface area is 103 Å². The Kier molecular flexibility index (Phi) is 4.39. The molecule has 0 amide bonds. The van der Waals surface area contributed by atoms with Crippen molar-refractivity contribution in [2.45, 2.75) is 25.4 Å². The summed E-state index contributed by atoms with van der Waals surface area (Å²) < 4.78 is 7.30. The van der Waals surface area contributed by atoms with Gasteiger partial charge < -0.3 is 19.5 Å². The molecule has 1 aliphatic heterocycles. The Morgan fingerprint density at radius 1 is 1.59 bits per heavy atom. The van der Waals surface area contributed by atoms with Gasteiger partial charge in [0.05, 0.1) is 0 Å². The third-order valence-electron chi connectivity index (χ3n) is 3.32. The van der Waals surface area contributed by atoms with Gasteiger partial charge in [-0.05, 0) is 19.9 Å². The number of anilines is 1. The van der Waals surface area contributed by atoms with E-state index in [4.69, 9.17) is 4.74 Å². The molecule has 1 atom stereocenters. The van der Waals surface area contributed by atoms with Gasteiger partial charge in [0.1, 0.15) is 0 Å². The van der Waals surface area contributed by atoms with Crippen LogP contribution in [0, 0.1) is 0 Å². The van der Waals surface area contributed by atoms with Crippen LogP contribution in [0.2, 0.25) is 0 Å². The molecule has 2 heterocycles. The van der Waals surface area contributed by atoms with Crippen LogP contribution in [0.1, 0.15) is 12.8 Å². The minimum atomic E-state index is 0.596. The number of aryl methyl sites for hydroxylation is 1. The number of rotatable bonds is 6. The summed E-state index contributed by atoms with van der Waals surface area (Å²) in [6.45, 7) is 3.92. The summed E-state index contributed by atoms with van der Waals surface area (Å²) in [7, 11) is 3.77. The lowest BCUT2D eigenvalue weighted by Crippen LogP contribution is -2.30. The number of likely N-dealkylation sites (N-methyl/N-ethyl adjacent to an activating group) is 1. The predicted octanol–water partition coefficient (Wildman–Crippen LogP) is 0.718. The number of nitrogens with zero attached hydrogens (tertiary/aromatic N) is 3. The molecule has 0 aromatic carbocycles. The van der Waals surface area contributed by atoms with Crippen LogP contribution in [-0.4, -0.2) is 49.4 Å². The van der Waals surface area contributed by atoms with E-state index in [2.05, 4.69) is 26.0 Å². The molecule has 0 saturated carbocycles. The van der Waals surface area contributed by atoms with Crippen molar-refractivity contribution >= 4 is 5.95 Å². The molecule has 0 spiro atoms.